The zero-order valence-corrected chi connectivity index (χ0v) is 21.3. The quantitative estimate of drug-likeness (QED) is 0.443. The van der Waals surface area contributed by atoms with Crippen molar-refractivity contribution < 1.29 is 19.1 Å². The molecule has 2 aromatic rings. The smallest absolute Gasteiger partial charge is 0.255 e. The van der Waals surface area contributed by atoms with Crippen LogP contribution in [0.5, 0.6) is 5.75 Å². The number of nitriles is 1. The fraction of sp³-hybridized carbons (Fsp3) is 0.429. The molecule has 5 rings (SSSR count). The lowest BCUT2D eigenvalue weighted by atomic mass is 9.74. The number of hydrogen-bond donors (Lipinski definition) is 1. The predicted molar refractivity (Wildman–Crippen MR) is 137 cm³/mol. The Morgan fingerprint density at radius 3 is 2.62 bits per heavy atom. The Labute approximate surface area is 221 Å². The van der Waals surface area contributed by atoms with Gasteiger partial charge in [-0.2, -0.15) is 5.26 Å². The molecule has 0 radical (unpaired) electrons. The van der Waals surface area contributed by atoms with Gasteiger partial charge in [-0.1, -0.05) is 35.9 Å². The van der Waals surface area contributed by atoms with Crippen LogP contribution in [0.4, 0.5) is 0 Å². The van der Waals surface area contributed by atoms with E-state index in [9.17, 15) is 19.6 Å². The van der Waals surface area contributed by atoms with Crippen LogP contribution in [0.15, 0.2) is 42.5 Å². The van der Waals surface area contributed by atoms with Gasteiger partial charge in [0.2, 0.25) is 11.8 Å². The molecule has 2 aromatic carbocycles. The first-order chi connectivity index (χ1) is 17.9. The number of rotatable bonds is 7. The summed E-state index contributed by atoms with van der Waals surface area (Å²) in [6.07, 6.45) is 2.83. The monoisotopic (exact) mass is 520 g/mol. The number of imide groups is 1. The number of carbonyl (C=O) groups excluding carboxylic acids is 3. The van der Waals surface area contributed by atoms with E-state index >= 15 is 0 Å². The van der Waals surface area contributed by atoms with Gasteiger partial charge in [-0.25, -0.2) is 0 Å². The largest absolute Gasteiger partial charge is 0.493 e. The molecule has 3 aliphatic heterocycles. The number of likely N-dealkylation sites (tertiary alicyclic amines) is 1. The van der Waals surface area contributed by atoms with Crippen molar-refractivity contribution in [2.45, 2.75) is 50.1 Å². The van der Waals surface area contributed by atoms with Gasteiger partial charge in [0.15, 0.2) is 0 Å². The molecule has 0 bridgehead atoms. The van der Waals surface area contributed by atoms with Crippen molar-refractivity contribution >= 4 is 29.3 Å². The van der Waals surface area contributed by atoms with Gasteiger partial charge in [0.25, 0.3) is 5.91 Å². The third-order valence-corrected chi connectivity index (χ3v) is 8.06. The number of piperidine rings is 2. The van der Waals surface area contributed by atoms with Gasteiger partial charge < -0.3 is 14.5 Å². The first-order valence-electron chi connectivity index (χ1n) is 12.7. The minimum atomic E-state index is -0.643. The average Bonchev–Trinajstić information content (AvgIpc) is 3.24. The fourth-order valence-electron chi connectivity index (χ4n) is 5.61. The Morgan fingerprint density at radius 2 is 1.89 bits per heavy atom. The fourth-order valence-corrected chi connectivity index (χ4v) is 5.93. The second kappa shape index (κ2) is 10.5. The Bertz CT molecular complexity index is 1270. The Kier molecular flexibility index (Phi) is 7.18. The van der Waals surface area contributed by atoms with Crippen LogP contribution < -0.4 is 10.1 Å². The second-order valence-corrected chi connectivity index (χ2v) is 10.3. The summed E-state index contributed by atoms with van der Waals surface area (Å²) in [5.74, 6) is -0.272. The number of carbonyl (C=O) groups is 3. The number of fused-ring (bicyclic) bond motifs is 1. The van der Waals surface area contributed by atoms with E-state index in [4.69, 9.17) is 16.3 Å². The van der Waals surface area contributed by atoms with E-state index in [1.54, 1.807) is 12.1 Å². The van der Waals surface area contributed by atoms with Gasteiger partial charge >= 0.3 is 0 Å². The highest BCUT2D eigenvalue weighted by Crippen LogP contribution is 2.39. The van der Waals surface area contributed by atoms with Crippen molar-refractivity contribution in [3.05, 3.63) is 64.2 Å². The second-order valence-electron chi connectivity index (χ2n) is 9.90. The molecule has 2 fully saturated rings. The number of ether oxygens (including phenoxy) is 1. The van der Waals surface area contributed by atoms with E-state index in [1.807, 2.05) is 30.3 Å². The molecule has 9 heteroatoms. The predicted octanol–water partition coefficient (Wildman–Crippen LogP) is 3.43. The molecule has 3 amide bonds. The lowest BCUT2D eigenvalue weighted by Crippen LogP contribution is -2.52. The maximum Gasteiger partial charge on any atom is 0.255 e. The first kappa shape index (κ1) is 25.2. The van der Waals surface area contributed by atoms with E-state index in [2.05, 4.69) is 16.3 Å². The maximum atomic E-state index is 13.0. The van der Waals surface area contributed by atoms with E-state index < -0.39 is 17.4 Å². The molecule has 1 unspecified atom stereocenters. The third kappa shape index (κ3) is 4.94. The zero-order valence-electron chi connectivity index (χ0n) is 20.5. The molecule has 8 nitrogen and oxygen atoms in total. The molecule has 1 atom stereocenters. The Hall–Kier alpha value is -3.41. The van der Waals surface area contributed by atoms with E-state index in [0.717, 1.165) is 50.0 Å². The zero-order chi connectivity index (χ0) is 26.0. The molecule has 1 N–H and O–H groups in total. The minimum Gasteiger partial charge on any atom is -0.493 e. The number of nitrogens with zero attached hydrogens (tertiary/aromatic N) is 3. The van der Waals surface area contributed by atoms with Crippen molar-refractivity contribution in [1.29, 1.82) is 5.26 Å². The first-order valence-corrected chi connectivity index (χ1v) is 13.1. The Balaban J connectivity index is 1.14. The van der Waals surface area contributed by atoms with E-state index in [1.165, 1.54) is 4.90 Å². The highest BCUT2D eigenvalue weighted by atomic mass is 35.5. The van der Waals surface area contributed by atoms with Crippen molar-refractivity contribution in [2.75, 3.05) is 26.2 Å². The SMILES string of the molecule is N#CC1(c2ccccc2Cl)CCN(CCCOc2cccc3c2CN(C2CCC(=O)NC2=O)C3=O)CC1. The minimum absolute atomic E-state index is 0.206. The van der Waals surface area contributed by atoms with Gasteiger partial charge in [-0.3, -0.25) is 19.7 Å². The number of amides is 3. The number of benzene rings is 2. The summed E-state index contributed by atoms with van der Waals surface area (Å²) in [4.78, 5) is 40.7. The van der Waals surface area contributed by atoms with Gasteiger partial charge in [0.05, 0.1) is 24.6 Å². The highest BCUT2D eigenvalue weighted by Gasteiger charge is 2.40. The summed E-state index contributed by atoms with van der Waals surface area (Å²) in [7, 11) is 0. The maximum absolute atomic E-state index is 13.0. The van der Waals surface area contributed by atoms with Crippen LogP contribution >= 0.6 is 11.6 Å². The molecular formula is C28H29ClN4O4. The lowest BCUT2D eigenvalue weighted by molar-refractivity contribution is -0.136. The summed E-state index contributed by atoms with van der Waals surface area (Å²) in [6.45, 7) is 3.26. The van der Waals surface area contributed by atoms with E-state index in [-0.39, 0.29) is 18.2 Å². The summed E-state index contributed by atoms with van der Waals surface area (Å²) >= 11 is 6.40. The molecule has 0 spiro atoms. The van der Waals surface area contributed by atoms with Crippen LogP contribution in [-0.4, -0.2) is 59.8 Å². The third-order valence-electron chi connectivity index (χ3n) is 7.73. The molecule has 2 saturated heterocycles. The average molecular weight is 521 g/mol. The van der Waals surface area contributed by atoms with E-state index in [0.29, 0.717) is 35.9 Å². The topological polar surface area (TPSA) is 103 Å². The van der Waals surface area contributed by atoms with Crippen LogP contribution in [-0.2, 0) is 21.5 Å². The van der Waals surface area contributed by atoms with Crippen LogP contribution in [0, 0.1) is 11.3 Å². The standard InChI is InChI=1S/C28H29ClN4O4/c29-22-7-2-1-6-21(22)28(18-30)11-14-32(15-12-28)13-4-16-37-24-8-3-5-19-20(24)17-33(27(19)36)23-9-10-25(34)31-26(23)35/h1-3,5-8,23H,4,9-17H2,(H,31,34,35). The summed E-state index contributed by atoms with van der Waals surface area (Å²) in [5.41, 5.74) is 1.71. The van der Waals surface area contributed by atoms with Gasteiger partial charge in [0.1, 0.15) is 11.8 Å². The number of hydrogen-bond acceptors (Lipinski definition) is 6. The highest BCUT2D eigenvalue weighted by molar-refractivity contribution is 6.31. The molecule has 192 valence electrons. The summed E-state index contributed by atoms with van der Waals surface area (Å²) in [6, 6.07) is 14.9. The van der Waals surface area contributed by atoms with Crippen LogP contribution in [0.25, 0.3) is 0 Å². The molecule has 37 heavy (non-hydrogen) atoms. The van der Waals surface area contributed by atoms with Crippen molar-refractivity contribution in [3.63, 3.8) is 0 Å². The molecule has 0 aromatic heterocycles. The molecule has 3 heterocycles. The number of nitrogens with one attached hydrogen (secondary N) is 1. The van der Waals surface area contributed by atoms with Crippen molar-refractivity contribution in [1.82, 2.24) is 15.1 Å². The summed E-state index contributed by atoms with van der Waals surface area (Å²) in [5, 5.41) is 12.9. The molecule has 3 aliphatic rings. The molecule has 0 saturated carbocycles. The van der Waals surface area contributed by atoms with Crippen LogP contribution in [0.3, 0.4) is 0 Å². The van der Waals surface area contributed by atoms with Crippen LogP contribution in [0.1, 0.15) is 53.6 Å². The summed E-state index contributed by atoms with van der Waals surface area (Å²) < 4.78 is 6.08. The van der Waals surface area contributed by atoms with Crippen LogP contribution in [0.2, 0.25) is 5.02 Å². The Morgan fingerprint density at radius 1 is 1.11 bits per heavy atom. The van der Waals surface area contributed by atoms with Gasteiger partial charge in [-0.05, 0) is 62.5 Å². The normalized spacial score (nSPS) is 21.4. The lowest BCUT2D eigenvalue weighted by Gasteiger charge is -2.38. The van der Waals surface area contributed by atoms with Gasteiger partial charge in [0, 0.05) is 29.1 Å². The van der Waals surface area contributed by atoms with Gasteiger partial charge in [-0.15, -0.1) is 0 Å². The number of halogens is 1. The molecular weight excluding hydrogens is 492 g/mol. The van der Waals surface area contributed by atoms with Crippen molar-refractivity contribution in [3.8, 4) is 11.8 Å². The molecule has 0 aliphatic carbocycles. The van der Waals surface area contributed by atoms with Crippen molar-refractivity contribution in [2.24, 2.45) is 0 Å².